The van der Waals surface area contributed by atoms with Crippen molar-refractivity contribution in [1.82, 2.24) is 0 Å². The average Bonchev–Trinajstić information content (AvgIpc) is 3.87. The maximum absolute atomic E-state index is 2.99. The van der Waals surface area contributed by atoms with E-state index in [2.05, 4.69) is 145 Å². The van der Waals surface area contributed by atoms with Gasteiger partial charge in [-0.2, -0.15) is 6.08 Å². The molecule has 0 unspecified atom stereocenters. The average molecular weight is 792 g/mol. The Morgan fingerprint density at radius 3 is 1.37 bits per heavy atom. The van der Waals surface area contributed by atoms with Gasteiger partial charge in [-0.15, -0.1) is 46.2 Å². The molecule has 0 aliphatic heterocycles. The van der Waals surface area contributed by atoms with Gasteiger partial charge in [0.15, 0.2) is 0 Å². The Labute approximate surface area is 343 Å². The summed E-state index contributed by atoms with van der Waals surface area (Å²) in [4.78, 5) is 0. The molecule has 8 rings (SSSR count). The van der Waals surface area contributed by atoms with Crippen LogP contribution >= 0.6 is 0 Å². The van der Waals surface area contributed by atoms with Gasteiger partial charge < -0.3 is 0 Å². The molecule has 3 aliphatic carbocycles. The van der Waals surface area contributed by atoms with E-state index < -0.39 is 0 Å². The Hall–Kier alpha value is -3.02. The molecule has 0 heterocycles. The van der Waals surface area contributed by atoms with Crippen molar-refractivity contribution in [1.29, 1.82) is 0 Å². The molecule has 2 fully saturated rings. The first kappa shape index (κ1) is 40.6. The van der Waals surface area contributed by atoms with E-state index in [-0.39, 0.29) is 10.8 Å². The van der Waals surface area contributed by atoms with Crippen LogP contribution in [0.1, 0.15) is 136 Å². The summed E-state index contributed by atoms with van der Waals surface area (Å²) in [6.45, 7) is 13.9. The van der Waals surface area contributed by atoms with E-state index in [4.69, 9.17) is 0 Å². The number of rotatable bonds is 6. The molecule has 0 amide bonds. The fourth-order valence-corrected chi connectivity index (χ4v) is 10.4. The van der Waals surface area contributed by atoms with Crippen LogP contribution in [0.25, 0.3) is 43.8 Å². The van der Waals surface area contributed by atoms with Gasteiger partial charge in [0.25, 0.3) is 0 Å². The summed E-state index contributed by atoms with van der Waals surface area (Å²) >= 11 is 1.75. The zero-order chi connectivity index (χ0) is 38.1. The molecule has 54 heavy (non-hydrogen) atoms. The Kier molecular flexibility index (Phi) is 14.1. The van der Waals surface area contributed by atoms with Gasteiger partial charge in [0.1, 0.15) is 0 Å². The zero-order valence-corrected chi connectivity index (χ0v) is 36.7. The fourth-order valence-electron chi connectivity index (χ4n) is 8.96. The van der Waals surface area contributed by atoms with Gasteiger partial charge in [-0.25, -0.2) is 12.2 Å². The third-order valence-electron chi connectivity index (χ3n) is 11.9. The molecule has 0 atom stereocenters. The van der Waals surface area contributed by atoms with Gasteiger partial charge in [0.2, 0.25) is 0 Å². The van der Waals surface area contributed by atoms with E-state index in [1.54, 1.807) is 24.2 Å². The summed E-state index contributed by atoms with van der Waals surface area (Å²) in [6, 6.07) is 33.7. The van der Waals surface area contributed by atoms with Crippen LogP contribution in [-0.2, 0) is 35.1 Å². The summed E-state index contributed by atoms with van der Waals surface area (Å²) in [5.74, 6) is 2.15. The molecular formula is C53H64Zr. The third-order valence-corrected chi connectivity index (χ3v) is 12.9. The van der Waals surface area contributed by atoms with Crippen molar-refractivity contribution in [3.63, 3.8) is 0 Å². The standard InChI is InChI=1S/C33H33.C15H26.C5H5.Zr/c1-32(2,3)30-20-26-24(18-28(30)22-13-9-7-10-14-22)17-25-19-29(23-15-11-8-12-16-23)31(21-27(25)26)33(4,5)6;1-3-8-14(9-4-1)12-7-13-15-10-5-2-6-11-15;1-2-4-5-3-1;/h7-21H,1-6H3;14-15H,1-6,8-13H2;1-3H,4H2;/q-1;;-1;+2. The zero-order valence-electron chi connectivity index (χ0n) is 34.2. The SMILES string of the molecule is CC(C)(C)c1cc2c(cc1-c1ccccc1)[cH-]c1cc(-c3ccccc3)c(C(C)(C)C)cc12.[C-]1=CC=CC1.[Zr+2]=[C](CC1CCCCC1)CC1CCCCC1. The Morgan fingerprint density at radius 1 is 0.611 bits per heavy atom. The molecule has 0 spiro atoms. The molecule has 5 aromatic carbocycles. The monoisotopic (exact) mass is 790 g/mol. The van der Waals surface area contributed by atoms with Gasteiger partial charge in [0.05, 0.1) is 0 Å². The first-order valence-electron chi connectivity index (χ1n) is 21.1. The van der Waals surface area contributed by atoms with Crippen LogP contribution in [0.15, 0.2) is 109 Å². The van der Waals surface area contributed by atoms with Crippen LogP contribution in [0.3, 0.4) is 0 Å². The van der Waals surface area contributed by atoms with E-state index in [9.17, 15) is 0 Å². The first-order valence-corrected chi connectivity index (χ1v) is 22.3. The maximum atomic E-state index is 2.99. The number of hydrogen-bond donors (Lipinski definition) is 0. The van der Waals surface area contributed by atoms with E-state index in [0.717, 1.165) is 18.3 Å². The summed E-state index contributed by atoms with van der Waals surface area (Å²) in [7, 11) is 0. The molecule has 0 aromatic heterocycles. The van der Waals surface area contributed by atoms with E-state index in [1.807, 2.05) is 15.4 Å². The molecule has 3 aliphatic rings. The van der Waals surface area contributed by atoms with Crippen molar-refractivity contribution < 1.29 is 24.2 Å². The van der Waals surface area contributed by atoms with Crippen LogP contribution in [0.2, 0.25) is 0 Å². The minimum atomic E-state index is 0.0554. The number of allylic oxidation sites excluding steroid dienone is 4. The molecule has 0 nitrogen and oxygen atoms in total. The Bertz CT molecular complexity index is 1870. The number of benzene rings is 4. The normalized spacial score (nSPS) is 16.6. The van der Waals surface area contributed by atoms with Crippen LogP contribution < -0.4 is 0 Å². The second-order valence-electron chi connectivity index (χ2n) is 18.4. The second-order valence-corrected chi connectivity index (χ2v) is 20.1. The number of hydrogen-bond acceptors (Lipinski definition) is 0. The van der Waals surface area contributed by atoms with Crippen molar-refractivity contribution >= 4 is 24.8 Å². The summed E-state index contributed by atoms with van der Waals surface area (Å²) in [6.07, 6.45) is 28.2. The number of fused-ring (bicyclic) bond motifs is 3. The van der Waals surface area contributed by atoms with E-state index >= 15 is 0 Å². The topological polar surface area (TPSA) is 0 Å². The fraction of sp³-hybridized carbons (Fsp3) is 0.434. The van der Waals surface area contributed by atoms with Gasteiger partial charge >= 0.3 is 116 Å². The van der Waals surface area contributed by atoms with Gasteiger partial charge in [-0.3, -0.25) is 6.08 Å². The van der Waals surface area contributed by atoms with E-state index in [0.29, 0.717) is 0 Å². The predicted octanol–water partition coefficient (Wildman–Crippen LogP) is 15.6. The molecule has 2 saturated carbocycles. The van der Waals surface area contributed by atoms with Crippen LogP contribution in [-0.4, -0.2) is 3.21 Å². The van der Waals surface area contributed by atoms with Crippen molar-refractivity contribution in [2.24, 2.45) is 11.8 Å². The first-order chi connectivity index (χ1) is 26.0. The van der Waals surface area contributed by atoms with Crippen LogP contribution in [0, 0.1) is 17.9 Å². The van der Waals surface area contributed by atoms with Crippen molar-refractivity contribution in [2.45, 2.75) is 136 Å². The molecule has 0 radical (unpaired) electrons. The molecule has 5 aromatic rings. The molecule has 0 N–H and O–H groups in total. The molecule has 0 saturated heterocycles. The Morgan fingerprint density at radius 2 is 1.04 bits per heavy atom. The molecule has 280 valence electrons. The van der Waals surface area contributed by atoms with Crippen LogP contribution in [0.5, 0.6) is 0 Å². The van der Waals surface area contributed by atoms with Crippen LogP contribution in [0.4, 0.5) is 0 Å². The van der Waals surface area contributed by atoms with Crippen molar-refractivity contribution in [3.8, 4) is 22.3 Å². The molecular weight excluding hydrogens is 728 g/mol. The third kappa shape index (κ3) is 10.8. The van der Waals surface area contributed by atoms with Gasteiger partial charge in [-0.1, -0.05) is 114 Å². The molecule has 0 bridgehead atoms. The summed E-state index contributed by atoms with van der Waals surface area (Å²) in [5.41, 5.74) is 8.16. The van der Waals surface area contributed by atoms with Gasteiger partial charge in [-0.05, 0) is 44.2 Å². The molecule has 1 heteroatoms. The second kappa shape index (κ2) is 18.7. The quantitative estimate of drug-likeness (QED) is 0.150. The minimum absolute atomic E-state index is 0.0554. The van der Waals surface area contributed by atoms with Gasteiger partial charge in [0, 0.05) is 0 Å². The van der Waals surface area contributed by atoms with Crippen molar-refractivity contribution in [2.75, 3.05) is 0 Å². The summed E-state index contributed by atoms with van der Waals surface area (Å²) < 4.78 is 1.91. The van der Waals surface area contributed by atoms with E-state index in [1.165, 1.54) is 132 Å². The van der Waals surface area contributed by atoms with Crippen molar-refractivity contribution in [3.05, 3.63) is 126 Å². The summed E-state index contributed by atoms with van der Waals surface area (Å²) in [5, 5.41) is 5.36. The predicted molar refractivity (Wildman–Crippen MR) is 234 cm³/mol. The Balaban J connectivity index is 0.000000195.